The number of nitrogens with two attached hydrogens (primary N) is 1. The van der Waals surface area contributed by atoms with E-state index >= 15 is 0 Å². The summed E-state index contributed by atoms with van der Waals surface area (Å²) in [6, 6.07) is 0.121. The molecule has 0 saturated carbocycles. The monoisotopic (exact) mass is 315 g/mol. The largest absolute Gasteiger partial charge is 0.444 e. The second kappa shape index (κ2) is 8.33. The van der Waals surface area contributed by atoms with Crippen LogP contribution in [0.15, 0.2) is 0 Å². The van der Waals surface area contributed by atoms with Crippen LogP contribution in [0.3, 0.4) is 0 Å². The lowest BCUT2D eigenvalue weighted by molar-refractivity contribution is -0.117. The minimum atomic E-state index is -0.509. The Labute approximate surface area is 132 Å². The third kappa shape index (κ3) is 7.09. The van der Waals surface area contributed by atoms with E-state index in [-0.39, 0.29) is 24.1 Å². The minimum Gasteiger partial charge on any atom is -0.444 e. The van der Waals surface area contributed by atoms with Crippen LogP contribution in [0.25, 0.3) is 0 Å². The molecular formula is C15H29N3O4. The second-order valence-electron chi connectivity index (χ2n) is 6.71. The molecule has 1 heterocycles. The number of rotatable bonds is 6. The van der Waals surface area contributed by atoms with Gasteiger partial charge in [0.1, 0.15) is 5.60 Å². The zero-order chi connectivity index (χ0) is 16.8. The zero-order valence-corrected chi connectivity index (χ0v) is 14.1. The topological polar surface area (TPSA) is 93.9 Å². The molecule has 0 spiro atoms. The van der Waals surface area contributed by atoms with Gasteiger partial charge in [-0.15, -0.1) is 0 Å². The SMILES string of the molecule is CC(CC1COCCN1C(=O)OC(C)(C)C)NCCC(N)=O. The molecule has 1 aliphatic heterocycles. The van der Waals surface area contributed by atoms with Crippen molar-refractivity contribution in [3.63, 3.8) is 0 Å². The van der Waals surface area contributed by atoms with Gasteiger partial charge >= 0.3 is 6.09 Å². The third-order valence-corrected chi connectivity index (χ3v) is 3.35. The van der Waals surface area contributed by atoms with Crippen molar-refractivity contribution in [2.24, 2.45) is 5.73 Å². The van der Waals surface area contributed by atoms with E-state index in [1.165, 1.54) is 0 Å². The molecule has 22 heavy (non-hydrogen) atoms. The van der Waals surface area contributed by atoms with Gasteiger partial charge in [-0.25, -0.2) is 4.79 Å². The van der Waals surface area contributed by atoms with E-state index in [9.17, 15) is 9.59 Å². The molecule has 0 bridgehead atoms. The van der Waals surface area contributed by atoms with Crippen LogP contribution in [0.5, 0.6) is 0 Å². The van der Waals surface area contributed by atoms with Crippen molar-refractivity contribution in [1.29, 1.82) is 0 Å². The Kier molecular flexibility index (Phi) is 7.09. The Hall–Kier alpha value is -1.34. The Morgan fingerprint density at radius 3 is 2.73 bits per heavy atom. The molecule has 7 nitrogen and oxygen atoms in total. The Morgan fingerprint density at radius 1 is 1.45 bits per heavy atom. The van der Waals surface area contributed by atoms with Gasteiger partial charge in [0.25, 0.3) is 0 Å². The zero-order valence-electron chi connectivity index (χ0n) is 14.1. The van der Waals surface area contributed by atoms with Gasteiger partial charge < -0.3 is 25.4 Å². The standard InChI is InChI=1S/C15H29N3O4/c1-11(17-6-5-13(16)19)9-12-10-21-8-7-18(12)14(20)22-15(2,3)4/h11-12,17H,5-10H2,1-4H3,(H2,16,19). The number of nitrogens with one attached hydrogen (secondary N) is 1. The number of carbonyl (C=O) groups excluding carboxylic acids is 2. The van der Waals surface area contributed by atoms with Gasteiger partial charge in [-0.05, 0) is 34.1 Å². The first-order chi connectivity index (χ1) is 10.2. The summed E-state index contributed by atoms with van der Waals surface area (Å²) in [5, 5.41) is 3.23. The van der Waals surface area contributed by atoms with Crippen LogP contribution in [0.2, 0.25) is 0 Å². The summed E-state index contributed by atoms with van der Waals surface area (Å²) in [4.78, 5) is 24.8. The van der Waals surface area contributed by atoms with E-state index in [1.807, 2.05) is 27.7 Å². The second-order valence-corrected chi connectivity index (χ2v) is 6.71. The maximum absolute atomic E-state index is 12.3. The first kappa shape index (κ1) is 18.7. The molecule has 1 fully saturated rings. The van der Waals surface area contributed by atoms with E-state index in [1.54, 1.807) is 4.90 Å². The minimum absolute atomic E-state index is 0.0281. The summed E-state index contributed by atoms with van der Waals surface area (Å²) in [6.45, 7) is 9.68. The fraction of sp³-hybridized carbons (Fsp3) is 0.867. The van der Waals surface area contributed by atoms with Crippen LogP contribution in [0.1, 0.15) is 40.5 Å². The molecular weight excluding hydrogens is 286 g/mol. The van der Waals surface area contributed by atoms with Crippen molar-refractivity contribution in [3.05, 3.63) is 0 Å². The first-order valence-electron chi connectivity index (χ1n) is 7.78. The number of primary amides is 1. The highest BCUT2D eigenvalue weighted by Gasteiger charge is 2.31. The van der Waals surface area contributed by atoms with Crippen LogP contribution < -0.4 is 11.1 Å². The van der Waals surface area contributed by atoms with E-state index in [4.69, 9.17) is 15.2 Å². The molecule has 0 radical (unpaired) electrons. The van der Waals surface area contributed by atoms with Crippen molar-refractivity contribution < 1.29 is 19.1 Å². The summed E-state index contributed by atoms with van der Waals surface area (Å²) in [5.41, 5.74) is 4.61. The van der Waals surface area contributed by atoms with Crippen LogP contribution in [0.4, 0.5) is 4.79 Å². The number of hydrogen-bond acceptors (Lipinski definition) is 5. The van der Waals surface area contributed by atoms with Gasteiger partial charge in [-0.2, -0.15) is 0 Å². The van der Waals surface area contributed by atoms with Crippen LogP contribution in [-0.4, -0.2) is 60.9 Å². The smallest absolute Gasteiger partial charge is 0.410 e. The lowest BCUT2D eigenvalue weighted by atomic mass is 10.1. The maximum atomic E-state index is 12.3. The number of carbonyl (C=O) groups is 2. The summed E-state index contributed by atoms with van der Waals surface area (Å²) in [7, 11) is 0. The van der Waals surface area contributed by atoms with Gasteiger partial charge in [0.05, 0.1) is 19.3 Å². The Bertz CT molecular complexity index is 381. The lowest BCUT2D eigenvalue weighted by Crippen LogP contribution is -2.52. The van der Waals surface area contributed by atoms with Crippen molar-refractivity contribution in [2.75, 3.05) is 26.3 Å². The molecule has 1 saturated heterocycles. The van der Waals surface area contributed by atoms with Crippen molar-refractivity contribution >= 4 is 12.0 Å². The Balaban J connectivity index is 2.50. The molecule has 3 N–H and O–H groups in total. The molecule has 0 aromatic rings. The van der Waals surface area contributed by atoms with Gasteiger partial charge in [-0.3, -0.25) is 4.79 Å². The highest BCUT2D eigenvalue weighted by Crippen LogP contribution is 2.17. The molecule has 1 rings (SSSR count). The van der Waals surface area contributed by atoms with Gasteiger partial charge in [-0.1, -0.05) is 0 Å². The van der Waals surface area contributed by atoms with E-state index < -0.39 is 5.60 Å². The van der Waals surface area contributed by atoms with Gasteiger partial charge in [0, 0.05) is 25.6 Å². The number of hydrogen-bond donors (Lipinski definition) is 2. The van der Waals surface area contributed by atoms with Crippen LogP contribution in [-0.2, 0) is 14.3 Å². The number of nitrogens with zero attached hydrogens (tertiary/aromatic N) is 1. The fourth-order valence-electron chi connectivity index (χ4n) is 2.34. The molecule has 2 amide bonds. The van der Waals surface area contributed by atoms with E-state index in [0.29, 0.717) is 32.7 Å². The van der Waals surface area contributed by atoms with E-state index in [2.05, 4.69) is 5.32 Å². The first-order valence-corrected chi connectivity index (χ1v) is 7.78. The molecule has 128 valence electrons. The van der Waals surface area contributed by atoms with Crippen LogP contribution >= 0.6 is 0 Å². The molecule has 2 atom stereocenters. The number of morpholine rings is 1. The van der Waals surface area contributed by atoms with Gasteiger partial charge in [0.2, 0.25) is 5.91 Å². The maximum Gasteiger partial charge on any atom is 0.410 e. The van der Waals surface area contributed by atoms with Crippen molar-refractivity contribution in [3.8, 4) is 0 Å². The third-order valence-electron chi connectivity index (χ3n) is 3.35. The summed E-state index contributed by atoms with van der Waals surface area (Å²) < 4.78 is 10.9. The average molecular weight is 315 g/mol. The molecule has 1 aliphatic rings. The molecule has 7 heteroatoms. The normalized spacial score (nSPS) is 20.5. The highest BCUT2D eigenvalue weighted by atomic mass is 16.6. The summed E-state index contributed by atoms with van der Waals surface area (Å²) in [6.07, 6.45) is 0.740. The highest BCUT2D eigenvalue weighted by molar-refractivity contribution is 5.73. The summed E-state index contributed by atoms with van der Waals surface area (Å²) in [5.74, 6) is -0.323. The lowest BCUT2D eigenvalue weighted by Gasteiger charge is -2.37. The number of amides is 2. The Morgan fingerprint density at radius 2 is 2.14 bits per heavy atom. The molecule has 0 aromatic heterocycles. The van der Waals surface area contributed by atoms with Crippen molar-refractivity contribution in [1.82, 2.24) is 10.2 Å². The predicted molar refractivity (Wildman–Crippen MR) is 83.4 cm³/mol. The van der Waals surface area contributed by atoms with Gasteiger partial charge in [0.15, 0.2) is 0 Å². The van der Waals surface area contributed by atoms with E-state index in [0.717, 1.165) is 6.42 Å². The number of ether oxygens (including phenoxy) is 2. The van der Waals surface area contributed by atoms with Crippen molar-refractivity contribution in [2.45, 2.75) is 58.2 Å². The predicted octanol–water partition coefficient (Wildman–Crippen LogP) is 0.866. The molecule has 0 aliphatic carbocycles. The molecule has 0 aromatic carbocycles. The quantitative estimate of drug-likeness (QED) is 0.758. The molecule has 2 unspecified atom stereocenters. The van der Waals surface area contributed by atoms with Crippen LogP contribution in [0, 0.1) is 0 Å². The average Bonchev–Trinajstić information content (AvgIpc) is 2.36. The summed E-state index contributed by atoms with van der Waals surface area (Å²) >= 11 is 0. The fourth-order valence-corrected chi connectivity index (χ4v) is 2.34.